The highest BCUT2D eigenvalue weighted by Gasteiger charge is 2.24. The van der Waals surface area contributed by atoms with Gasteiger partial charge in [0, 0.05) is 23.0 Å². The van der Waals surface area contributed by atoms with Gasteiger partial charge < -0.3 is 24.9 Å². The lowest BCUT2D eigenvalue weighted by atomic mass is 9.88. The molecule has 0 spiro atoms. The number of hydrogen-bond acceptors (Lipinski definition) is 5. The molecule has 1 aromatic heterocycles. The van der Waals surface area contributed by atoms with Crippen LogP contribution in [0.3, 0.4) is 0 Å². The lowest BCUT2D eigenvalue weighted by molar-refractivity contribution is 0.0998. The van der Waals surface area contributed by atoms with E-state index < -0.39 is 0 Å². The zero-order chi connectivity index (χ0) is 22.7. The molecule has 3 N–H and O–H groups in total. The van der Waals surface area contributed by atoms with Crippen LogP contribution in [0, 0.1) is 0 Å². The second-order valence-corrected chi connectivity index (χ2v) is 7.62. The summed E-state index contributed by atoms with van der Waals surface area (Å²) >= 11 is 0. The molecular formula is C26H26N2O4. The molecule has 4 aromatic rings. The van der Waals surface area contributed by atoms with Gasteiger partial charge in [0.15, 0.2) is 17.1 Å². The smallest absolute Gasteiger partial charge is 0.291 e. The van der Waals surface area contributed by atoms with Crippen LogP contribution < -0.4 is 20.5 Å². The normalized spacial score (nSPS) is 12.9. The van der Waals surface area contributed by atoms with Crippen molar-refractivity contribution in [1.29, 1.82) is 0 Å². The Labute approximate surface area is 186 Å². The number of ether oxygens (including phenoxy) is 2. The molecule has 3 aromatic carbocycles. The Morgan fingerprint density at radius 2 is 1.69 bits per heavy atom. The van der Waals surface area contributed by atoms with Gasteiger partial charge in [0.2, 0.25) is 0 Å². The summed E-state index contributed by atoms with van der Waals surface area (Å²) in [5, 5.41) is 3.61. The number of rotatable bonds is 7. The van der Waals surface area contributed by atoms with E-state index in [1.807, 2.05) is 30.3 Å². The van der Waals surface area contributed by atoms with Crippen LogP contribution in [-0.4, -0.2) is 20.1 Å². The number of fused-ring (bicyclic) bond motifs is 1. The number of carbonyl (C=O) groups is 1. The van der Waals surface area contributed by atoms with Gasteiger partial charge in [-0.3, -0.25) is 4.79 Å². The lowest BCUT2D eigenvalue weighted by Gasteiger charge is -2.21. The van der Waals surface area contributed by atoms with E-state index in [0.717, 1.165) is 16.5 Å². The first-order chi connectivity index (χ1) is 15.5. The first-order valence-electron chi connectivity index (χ1n) is 10.4. The topological polar surface area (TPSA) is 86.7 Å². The molecule has 0 radical (unpaired) electrons. The Bertz CT molecular complexity index is 1220. The van der Waals surface area contributed by atoms with Crippen molar-refractivity contribution < 1.29 is 18.7 Å². The Hall–Kier alpha value is -3.77. The molecular weight excluding hydrogens is 404 g/mol. The minimum absolute atomic E-state index is 0.0688. The van der Waals surface area contributed by atoms with Crippen molar-refractivity contribution >= 4 is 22.6 Å². The van der Waals surface area contributed by atoms with E-state index in [9.17, 15) is 4.79 Å². The number of methoxy groups -OCH3 is 2. The van der Waals surface area contributed by atoms with E-state index in [1.165, 1.54) is 0 Å². The molecule has 0 aliphatic rings. The number of benzene rings is 3. The van der Waals surface area contributed by atoms with Crippen molar-refractivity contribution in [3.05, 3.63) is 89.7 Å². The maximum Gasteiger partial charge on any atom is 0.291 e. The largest absolute Gasteiger partial charge is 0.497 e. The van der Waals surface area contributed by atoms with Crippen LogP contribution in [0.2, 0.25) is 0 Å². The Balaban J connectivity index is 1.67. The molecule has 4 rings (SSSR count). The van der Waals surface area contributed by atoms with E-state index in [0.29, 0.717) is 22.8 Å². The fourth-order valence-electron chi connectivity index (χ4n) is 3.78. The van der Waals surface area contributed by atoms with Crippen molar-refractivity contribution in [1.82, 2.24) is 0 Å². The summed E-state index contributed by atoms with van der Waals surface area (Å²) < 4.78 is 16.5. The second-order valence-electron chi connectivity index (χ2n) is 7.62. The number of furan rings is 1. The molecule has 0 aliphatic carbocycles. The van der Waals surface area contributed by atoms with Gasteiger partial charge in [-0.15, -0.1) is 0 Å². The Morgan fingerprint density at radius 3 is 2.34 bits per heavy atom. The summed E-state index contributed by atoms with van der Waals surface area (Å²) in [6.45, 7) is 2.09. The molecule has 1 heterocycles. The zero-order valence-corrected chi connectivity index (χ0v) is 18.3. The van der Waals surface area contributed by atoms with Crippen LogP contribution in [0.5, 0.6) is 11.5 Å². The average molecular weight is 431 g/mol. The minimum Gasteiger partial charge on any atom is -0.497 e. The van der Waals surface area contributed by atoms with Gasteiger partial charge in [-0.2, -0.15) is 0 Å². The summed E-state index contributed by atoms with van der Waals surface area (Å²) in [6, 6.07) is 22.4. The van der Waals surface area contributed by atoms with Crippen LogP contribution in [-0.2, 0) is 0 Å². The van der Waals surface area contributed by atoms with Gasteiger partial charge in [0.05, 0.1) is 14.2 Å². The first-order valence-corrected chi connectivity index (χ1v) is 10.4. The van der Waals surface area contributed by atoms with Gasteiger partial charge in [0.1, 0.15) is 5.75 Å². The molecule has 6 heteroatoms. The van der Waals surface area contributed by atoms with E-state index >= 15 is 0 Å². The zero-order valence-electron chi connectivity index (χ0n) is 18.3. The Kier molecular flexibility index (Phi) is 6.14. The molecule has 164 valence electrons. The molecule has 32 heavy (non-hydrogen) atoms. The van der Waals surface area contributed by atoms with Crippen molar-refractivity contribution in [3.8, 4) is 11.5 Å². The van der Waals surface area contributed by atoms with Gasteiger partial charge in [-0.05, 0) is 47.5 Å². The third kappa shape index (κ3) is 4.18. The van der Waals surface area contributed by atoms with Crippen molar-refractivity contribution in [2.75, 3.05) is 19.5 Å². The summed E-state index contributed by atoms with van der Waals surface area (Å²) in [5.74, 6) is 1.15. The summed E-state index contributed by atoms with van der Waals surface area (Å²) in [4.78, 5) is 12.9. The van der Waals surface area contributed by atoms with Gasteiger partial charge >= 0.3 is 0 Å². The van der Waals surface area contributed by atoms with Crippen LogP contribution in [0.4, 0.5) is 5.69 Å². The predicted octanol–water partition coefficient (Wildman–Crippen LogP) is 5.51. The molecule has 1 amide bonds. The van der Waals surface area contributed by atoms with E-state index in [2.05, 4.69) is 24.4 Å². The standard InChI is InChI=1S/C26H26N2O4/c1-16(17-7-5-4-6-8-17)24(27)20-13-14-22(31-3)25-21(20)15-23(32-25)26(29)28-18-9-11-19(30-2)12-10-18/h4-16,24H,27H2,1-3H3,(H,28,29). The SMILES string of the molecule is COc1ccc(NC(=O)c2cc3c(C(N)C(C)c4ccccc4)ccc(OC)c3o2)cc1. The average Bonchev–Trinajstić information content (AvgIpc) is 3.29. The van der Waals surface area contributed by atoms with Crippen LogP contribution in [0.25, 0.3) is 11.0 Å². The number of anilines is 1. The molecule has 6 nitrogen and oxygen atoms in total. The predicted molar refractivity (Wildman–Crippen MR) is 125 cm³/mol. The molecule has 0 fully saturated rings. The maximum atomic E-state index is 12.9. The first kappa shape index (κ1) is 21.5. The van der Waals surface area contributed by atoms with Crippen molar-refractivity contribution in [3.63, 3.8) is 0 Å². The van der Waals surface area contributed by atoms with Gasteiger partial charge in [-0.1, -0.05) is 43.3 Å². The molecule has 2 unspecified atom stereocenters. The minimum atomic E-state index is -0.357. The van der Waals surface area contributed by atoms with Crippen molar-refractivity contribution in [2.24, 2.45) is 5.73 Å². The van der Waals surface area contributed by atoms with E-state index in [4.69, 9.17) is 19.6 Å². The molecule has 0 aliphatic heterocycles. The summed E-state index contributed by atoms with van der Waals surface area (Å²) in [6.07, 6.45) is 0. The van der Waals surface area contributed by atoms with Crippen LogP contribution in [0.1, 0.15) is 40.6 Å². The fourth-order valence-corrected chi connectivity index (χ4v) is 3.78. The van der Waals surface area contributed by atoms with E-state index in [-0.39, 0.29) is 23.6 Å². The third-order valence-corrected chi connectivity index (χ3v) is 5.70. The number of nitrogens with two attached hydrogens (primary N) is 1. The highest BCUT2D eigenvalue weighted by Crippen LogP contribution is 2.38. The summed E-state index contributed by atoms with van der Waals surface area (Å²) in [7, 11) is 3.16. The third-order valence-electron chi connectivity index (χ3n) is 5.70. The molecule has 0 saturated heterocycles. The number of carbonyl (C=O) groups excluding carboxylic acids is 1. The fraction of sp³-hybridized carbons (Fsp3) is 0.192. The molecule has 0 bridgehead atoms. The lowest BCUT2D eigenvalue weighted by Crippen LogP contribution is -2.18. The van der Waals surface area contributed by atoms with Gasteiger partial charge in [-0.25, -0.2) is 0 Å². The maximum absolute atomic E-state index is 12.9. The summed E-state index contributed by atoms with van der Waals surface area (Å²) in [5.41, 5.74) is 9.84. The van der Waals surface area contributed by atoms with Crippen molar-refractivity contribution in [2.45, 2.75) is 18.9 Å². The monoisotopic (exact) mass is 430 g/mol. The van der Waals surface area contributed by atoms with Crippen LogP contribution in [0.15, 0.2) is 77.2 Å². The molecule has 0 saturated carbocycles. The highest BCUT2D eigenvalue weighted by molar-refractivity contribution is 6.05. The van der Waals surface area contributed by atoms with Crippen LogP contribution >= 0.6 is 0 Å². The number of amides is 1. The number of hydrogen-bond donors (Lipinski definition) is 2. The number of nitrogens with one attached hydrogen (secondary N) is 1. The molecule has 2 atom stereocenters. The quantitative estimate of drug-likeness (QED) is 0.404. The second kappa shape index (κ2) is 9.16. The Morgan fingerprint density at radius 1 is 0.969 bits per heavy atom. The highest BCUT2D eigenvalue weighted by atomic mass is 16.5. The van der Waals surface area contributed by atoms with Gasteiger partial charge in [0.25, 0.3) is 5.91 Å². The van der Waals surface area contributed by atoms with E-state index in [1.54, 1.807) is 44.6 Å².